The number of rotatable bonds is 5. The minimum absolute atomic E-state index is 0. The minimum atomic E-state index is 0. The Hall–Kier alpha value is -1.70. The molecule has 194 valence electrons. The molecular formula is C28H37ClN4O2S. The Morgan fingerprint density at radius 3 is 2.17 bits per heavy atom. The molecule has 7 rings (SSSR count). The van der Waals surface area contributed by atoms with Gasteiger partial charge in [-0.2, -0.15) is 4.37 Å². The minimum Gasteiger partial charge on any atom is -0.353 e. The predicted molar refractivity (Wildman–Crippen MR) is 145 cm³/mol. The Balaban J connectivity index is 0.00000240. The van der Waals surface area contributed by atoms with Gasteiger partial charge in [0.2, 0.25) is 11.8 Å². The van der Waals surface area contributed by atoms with Crippen molar-refractivity contribution in [3.8, 4) is 0 Å². The lowest BCUT2D eigenvalue weighted by Gasteiger charge is -2.40. The number of amides is 2. The quantitative estimate of drug-likeness (QED) is 0.527. The summed E-state index contributed by atoms with van der Waals surface area (Å²) >= 11 is 1.60. The van der Waals surface area contributed by atoms with E-state index in [1.807, 2.05) is 0 Å². The van der Waals surface area contributed by atoms with E-state index in [0.29, 0.717) is 30.2 Å². The highest BCUT2D eigenvalue weighted by atomic mass is 35.5. The first-order valence-corrected chi connectivity index (χ1v) is 14.6. The van der Waals surface area contributed by atoms with Gasteiger partial charge in [0.25, 0.3) is 0 Å². The summed E-state index contributed by atoms with van der Waals surface area (Å²) in [6.07, 6.45) is 8.35. The number of likely N-dealkylation sites (tertiary alicyclic amines) is 1. The molecule has 3 aliphatic carbocycles. The number of imide groups is 1. The summed E-state index contributed by atoms with van der Waals surface area (Å²) in [5.41, 5.74) is 0. The third-order valence-electron chi connectivity index (χ3n) is 10.0. The largest absolute Gasteiger partial charge is 0.353 e. The van der Waals surface area contributed by atoms with E-state index >= 15 is 0 Å². The number of halogens is 1. The molecule has 2 bridgehead atoms. The first kappa shape index (κ1) is 24.6. The van der Waals surface area contributed by atoms with Crippen molar-refractivity contribution in [1.82, 2.24) is 14.2 Å². The van der Waals surface area contributed by atoms with Crippen LogP contribution >= 0.6 is 23.9 Å². The van der Waals surface area contributed by atoms with Crippen LogP contribution in [-0.2, 0) is 9.59 Å². The van der Waals surface area contributed by atoms with Crippen molar-refractivity contribution in [2.75, 3.05) is 44.2 Å². The average molecular weight is 529 g/mol. The lowest BCUT2D eigenvalue weighted by molar-refractivity contribution is -0.142. The number of nitrogens with zero attached hydrogens (tertiary/aromatic N) is 4. The molecule has 6 atom stereocenters. The van der Waals surface area contributed by atoms with E-state index in [0.717, 1.165) is 64.2 Å². The van der Waals surface area contributed by atoms with Gasteiger partial charge in [-0.3, -0.25) is 19.4 Å². The summed E-state index contributed by atoms with van der Waals surface area (Å²) < 4.78 is 6.02. The molecule has 1 aromatic carbocycles. The Kier molecular flexibility index (Phi) is 6.76. The molecule has 8 heteroatoms. The number of carbonyl (C=O) groups excluding carboxylic acids is 2. The predicted octanol–water partition coefficient (Wildman–Crippen LogP) is 4.68. The van der Waals surface area contributed by atoms with Crippen LogP contribution in [0, 0.1) is 35.5 Å². The fraction of sp³-hybridized carbons (Fsp3) is 0.679. The summed E-state index contributed by atoms with van der Waals surface area (Å²) in [7, 11) is 0. The summed E-state index contributed by atoms with van der Waals surface area (Å²) in [5, 5.41) is 1.27. The smallest absolute Gasteiger partial charge is 0.233 e. The molecule has 6 nitrogen and oxygen atoms in total. The number of hydrogen-bond acceptors (Lipinski definition) is 6. The van der Waals surface area contributed by atoms with Crippen LogP contribution in [0.5, 0.6) is 0 Å². The standard InChI is InChI=1S/C28H36N4O2S.ClH/c33-27-24-18-9-10-19(15-18)25(24)28(34)32(27)17-21-6-2-1-5-20(21)16-30-11-13-31(14-12-30)26-22-7-3-4-8-23(22)35-29-26;/h3-4,7-8,18-21,24-25H,1-2,5-6,9-17H2;1H/t18-,19+,20-,21-,24-,25+;/m1./s1. The van der Waals surface area contributed by atoms with E-state index in [9.17, 15) is 9.59 Å². The summed E-state index contributed by atoms with van der Waals surface area (Å²) in [6, 6.07) is 8.54. The van der Waals surface area contributed by atoms with Crippen molar-refractivity contribution in [1.29, 1.82) is 0 Å². The first-order chi connectivity index (χ1) is 17.2. The molecule has 0 N–H and O–H groups in total. The zero-order valence-corrected chi connectivity index (χ0v) is 22.5. The number of hydrogen-bond donors (Lipinski definition) is 0. The van der Waals surface area contributed by atoms with Crippen LogP contribution in [0.3, 0.4) is 0 Å². The summed E-state index contributed by atoms with van der Waals surface area (Å²) in [4.78, 5) is 33.4. The van der Waals surface area contributed by atoms with Crippen LogP contribution in [0.2, 0.25) is 0 Å². The van der Waals surface area contributed by atoms with Crippen LogP contribution in [0.4, 0.5) is 5.82 Å². The molecule has 0 unspecified atom stereocenters. The fourth-order valence-electron chi connectivity index (χ4n) is 8.22. The first-order valence-electron chi connectivity index (χ1n) is 13.8. The highest BCUT2D eigenvalue weighted by Crippen LogP contribution is 2.56. The van der Waals surface area contributed by atoms with E-state index in [-0.39, 0.29) is 36.1 Å². The van der Waals surface area contributed by atoms with E-state index in [4.69, 9.17) is 4.37 Å². The number of anilines is 1. The van der Waals surface area contributed by atoms with Crippen LogP contribution in [0.15, 0.2) is 24.3 Å². The third-order valence-corrected chi connectivity index (χ3v) is 10.8. The monoisotopic (exact) mass is 528 g/mol. The van der Waals surface area contributed by atoms with Gasteiger partial charge in [-0.25, -0.2) is 0 Å². The molecule has 3 heterocycles. The van der Waals surface area contributed by atoms with Gasteiger partial charge in [0.15, 0.2) is 0 Å². The lowest BCUT2D eigenvalue weighted by Crippen LogP contribution is -2.49. The van der Waals surface area contributed by atoms with Crippen molar-refractivity contribution in [3.63, 3.8) is 0 Å². The Labute approximate surface area is 224 Å². The molecule has 0 radical (unpaired) electrons. The SMILES string of the molecule is Cl.O=C1[C@@H]2[C@@H]3CC[C@@H](C3)[C@@H]2C(=O)N1C[C@H]1CCCC[C@@H]1CN1CCN(c2nsc3ccccc23)CC1. The summed E-state index contributed by atoms with van der Waals surface area (Å²) in [5.74, 6) is 3.59. The molecule has 2 aliphatic heterocycles. The van der Waals surface area contributed by atoms with Crippen molar-refractivity contribution in [2.45, 2.75) is 44.9 Å². The second-order valence-corrected chi connectivity index (χ2v) is 12.6. The molecule has 3 saturated carbocycles. The normalized spacial score (nSPS) is 34.4. The Morgan fingerprint density at radius 2 is 1.47 bits per heavy atom. The maximum atomic E-state index is 13.3. The molecule has 0 spiro atoms. The molecule has 2 aromatic rings. The van der Waals surface area contributed by atoms with E-state index in [1.165, 1.54) is 29.3 Å². The van der Waals surface area contributed by atoms with Gasteiger partial charge in [0.1, 0.15) is 5.82 Å². The van der Waals surface area contributed by atoms with Crippen molar-refractivity contribution < 1.29 is 9.59 Å². The Morgan fingerprint density at radius 1 is 0.833 bits per heavy atom. The fourth-order valence-corrected chi connectivity index (χ4v) is 9.02. The number of fused-ring (bicyclic) bond motifs is 6. The maximum absolute atomic E-state index is 13.3. The van der Waals surface area contributed by atoms with Crippen LogP contribution in [0.25, 0.3) is 10.1 Å². The molecule has 2 amide bonds. The average Bonchev–Trinajstić information content (AvgIpc) is 3.66. The highest BCUT2D eigenvalue weighted by Gasteiger charge is 2.61. The van der Waals surface area contributed by atoms with Gasteiger partial charge < -0.3 is 4.90 Å². The lowest BCUT2D eigenvalue weighted by atomic mass is 9.78. The van der Waals surface area contributed by atoms with E-state index in [1.54, 1.807) is 16.4 Å². The highest BCUT2D eigenvalue weighted by molar-refractivity contribution is 7.13. The second kappa shape index (κ2) is 9.88. The Bertz CT molecular complexity index is 1100. The topological polar surface area (TPSA) is 56.8 Å². The third kappa shape index (κ3) is 4.06. The molecule has 1 aromatic heterocycles. The van der Waals surface area contributed by atoms with Crippen LogP contribution in [-0.4, -0.2) is 65.3 Å². The van der Waals surface area contributed by atoms with Gasteiger partial charge in [0.05, 0.1) is 16.5 Å². The number of piperazine rings is 1. The zero-order valence-electron chi connectivity index (χ0n) is 20.9. The van der Waals surface area contributed by atoms with Gasteiger partial charge in [-0.15, -0.1) is 12.4 Å². The molecule has 36 heavy (non-hydrogen) atoms. The summed E-state index contributed by atoms with van der Waals surface area (Å²) in [6.45, 7) is 5.93. The molecule has 5 aliphatic rings. The molecular weight excluding hydrogens is 492 g/mol. The van der Waals surface area contributed by atoms with E-state index < -0.39 is 0 Å². The van der Waals surface area contributed by atoms with Gasteiger partial charge in [-0.1, -0.05) is 25.0 Å². The van der Waals surface area contributed by atoms with Gasteiger partial charge in [-0.05, 0) is 79.4 Å². The van der Waals surface area contributed by atoms with Gasteiger partial charge >= 0.3 is 0 Å². The number of carbonyl (C=O) groups is 2. The van der Waals surface area contributed by atoms with E-state index in [2.05, 4.69) is 34.1 Å². The van der Waals surface area contributed by atoms with Crippen molar-refractivity contribution >= 4 is 51.7 Å². The zero-order chi connectivity index (χ0) is 23.5. The van der Waals surface area contributed by atoms with Crippen LogP contribution < -0.4 is 4.90 Å². The van der Waals surface area contributed by atoms with Crippen molar-refractivity contribution in [2.24, 2.45) is 35.5 Å². The molecule has 2 saturated heterocycles. The number of aromatic nitrogens is 1. The maximum Gasteiger partial charge on any atom is 0.233 e. The number of benzene rings is 1. The molecule has 5 fully saturated rings. The van der Waals surface area contributed by atoms with Crippen LogP contribution in [0.1, 0.15) is 44.9 Å². The van der Waals surface area contributed by atoms with Gasteiger partial charge in [0, 0.05) is 44.7 Å². The van der Waals surface area contributed by atoms with Crippen molar-refractivity contribution in [3.05, 3.63) is 24.3 Å². The second-order valence-electron chi connectivity index (χ2n) is 11.8.